The summed E-state index contributed by atoms with van der Waals surface area (Å²) in [5.74, 6) is 0.461. The Bertz CT molecular complexity index is 961. The number of thiophene rings is 1. The van der Waals surface area contributed by atoms with E-state index in [0.717, 1.165) is 21.7 Å². The maximum atomic E-state index is 12.9. The van der Waals surface area contributed by atoms with Crippen LogP contribution in [0.4, 0.5) is 5.69 Å². The molecule has 2 aromatic heterocycles. The maximum Gasteiger partial charge on any atom is 0.238 e. The molecular weight excluding hydrogens is 402 g/mol. The number of carbonyl (C=O) groups excluding carboxylic acids is 1. The molecular formula is C19H20ClN3O2S2. The molecule has 1 unspecified atom stereocenters. The van der Waals surface area contributed by atoms with Crippen LogP contribution in [0.2, 0.25) is 5.02 Å². The van der Waals surface area contributed by atoms with Crippen LogP contribution in [-0.2, 0) is 11.2 Å². The molecule has 8 heteroatoms. The van der Waals surface area contributed by atoms with Crippen LogP contribution in [0.3, 0.4) is 0 Å². The number of amides is 1. The summed E-state index contributed by atoms with van der Waals surface area (Å²) in [5.41, 5.74) is 0.561. The fourth-order valence-electron chi connectivity index (χ4n) is 2.60. The van der Waals surface area contributed by atoms with E-state index in [4.69, 9.17) is 16.3 Å². The molecule has 27 heavy (non-hydrogen) atoms. The summed E-state index contributed by atoms with van der Waals surface area (Å²) in [6.45, 7) is 4.10. The molecule has 0 spiro atoms. The van der Waals surface area contributed by atoms with E-state index in [0.29, 0.717) is 22.9 Å². The number of benzene rings is 1. The molecule has 0 aliphatic carbocycles. The van der Waals surface area contributed by atoms with Gasteiger partial charge in [0.1, 0.15) is 21.9 Å². The molecule has 0 bridgehead atoms. The highest BCUT2D eigenvalue weighted by Crippen LogP contribution is 2.35. The number of aromatic nitrogens is 2. The Morgan fingerprint density at radius 3 is 2.85 bits per heavy atom. The summed E-state index contributed by atoms with van der Waals surface area (Å²) in [7, 11) is 1.56. The van der Waals surface area contributed by atoms with Gasteiger partial charge in [-0.2, -0.15) is 0 Å². The Balaban J connectivity index is 1.82. The lowest BCUT2D eigenvalue weighted by Crippen LogP contribution is -2.25. The lowest BCUT2D eigenvalue weighted by molar-refractivity contribution is -0.115. The number of methoxy groups -OCH3 is 1. The number of nitrogens with one attached hydrogen (secondary N) is 1. The molecule has 3 rings (SSSR count). The molecule has 2 heterocycles. The van der Waals surface area contributed by atoms with E-state index in [1.807, 2.05) is 6.92 Å². The van der Waals surface area contributed by atoms with E-state index in [-0.39, 0.29) is 11.2 Å². The SMILES string of the molecule is CCc1cc2c(SC(CC)C(=O)Nc3cc(Cl)ccc3OC)ncnc2s1. The third-order valence-electron chi connectivity index (χ3n) is 4.03. The Labute approximate surface area is 171 Å². The molecule has 0 radical (unpaired) electrons. The van der Waals surface area contributed by atoms with Crippen LogP contribution in [0.25, 0.3) is 10.2 Å². The zero-order valence-electron chi connectivity index (χ0n) is 15.3. The minimum atomic E-state index is -0.295. The van der Waals surface area contributed by atoms with E-state index in [9.17, 15) is 4.79 Å². The van der Waals surface area contributed by atoms with Crippen molar-refractivity contribution in [1.82, 2.24) is 9.97 Å². The van der Waals surface area contributed by atoms with Crippen LogP contribution in [0.1, 0.15) is 25.1 Å². The topological polar surface area (TPSA) is 64.1 Å². The van der Waals surface area contributed by atoms with Gasteiger partial charge >= 0.3 is 0 Å². The van der Waals surface area contributed by atoms with Crippen LogP contribution in [0.5, 0.6) is 5.75 Å². The second-order valence-electron chi connectivity index (χ2n) is 5.81. The van der Waals surface area contributed by atoms with E-state index >= 15 is 0 Å². The summed E-state index contributed by atoms with van der Waals surface area (Å²) >= 11 is 9.18. The number of rotatable bonds is 7. The minimum absolute atomic E-state index is 0.110. The fraction of sp³-hybridized carbons (Fsp3) is 0.316. The first-order valence-corrected chi connectivity index (χ1v) is 10.7. The maximum absolute atomic E-state index is 12.9. The summed E-state index contributed by atoms with van der Waals surface area (Å²) in [6, 6.07) is 7.26. The number of anilines is 1. The highest BCUT2D eigenvalue weighted by atomic mass is 35.5. The van der Waals surface area contributed by atoms with Gasteiger partial charge in [0, 0.05) is 15.3 Å². The molecule has 0 saturated carbocycles. The predicted octanol–water partition coefficient (Wildman–Crippen LogP) is 5.43. The van der Waals surface area contributed by atoms with Crippen LogP contribution < -0.4 is 10.1 Å². The van der Waals surface area contributed by atoms with Crippen molar-refractivity contribution in [3.63, 3.8) is 0 Å². The Morgan fingerprint density at radius 1 is 1.33 bits per heavy atom. The standard InChI is InChI=1S/C19H20ClN3O2S2/c1-4-12-9-13-18(26-12)21-10-22-19(13)27-16(5-2)17(24)23-14-8-11(20)6-7-15(14)25-3/h6-10,16H,4-5H2,1-3H3,(H,23,24). The normalized spacial score (nSPS) is 12.1. The van der Waals surface area contributed by atoms with Gasteiger partial charge in [-0.1, -0.05) is 37.2 Å². The molecule has 1 N–H and O–H groups in total. The fourth-order valence-corrected chi connectivity index (χ4v) is 4.76. The van der Waals surface area contributed by atoms with Gasteiger partial charge in [0.05, 0.1) is 18.0 Å². The minimum Gasteiger partial charge on any atom is -0.495 e. The van der Waals surface area contributed by atoms with E-state index in [1.165, 1.54) is 16.6 Å². The van der Waals surface area contributed by atoms with Crippen LogP contribution in [0.15, 0.2) is 35.6 Å². The number of thioether (sulfide) groups is 1. The summed E-state index contributed by atoms with van der Waals surface area (Å²) < 4.78 is 5.31. The van der Waals surface area contributed by atoms with E-state index in [2.05, 4.69) is 28.3 Å². The molecule has 5 nitrogen and oxygen atoms in total. The lowest BCUT2D eigenvalue weighted by Gasteiger charge is -2.16. The summed E-state index contributed by atoms with van der Waals surface area (Å²) in [4.78, 5) is 23.8. The Kier molecular flexibility index (Phi) is 6.57. The lowest BCUT2D eigenvalue weighted by atomic mass is 10.2. The molecule has 1 amide bonds. The van der Waals surface area contributed by atoms with Crippen LogP contribution in [0, 0.1) is 0 Å². The van der Waals surface area contributed by atoms with Crippen molar-refractivity contribution in [2.75, 3.05) is 12.4 Å². The number of hydrogen-bond acceptors (Lipinski definition) is 6. The van der Waals surface area contributed by atoms with E-state index < -0.39 is 0 Å². The molecule has 142 valence electrons. The van der Waals surface area contributed by atoms with Crippen molar-refractivity contribution in [3.05, 3.63) is 40.5 Å². The Morgan fingerprint density at radius 2 is 2.15 bits per heavy atom. The number of nitrogens with zero attached hydrogens (tertiary/aromatic N) is 2. The molecule has 0 saturated heterocycles. The molecule has 3 aromatic rings. The summed E-state index contributed by atoms with van der Waals surface area (Å²) in [6.07, 6.45) is 3.18. The zero-order chi connectivity index (χ0) is 19.4. The Hall–Kier alpha value is -1.83. The number of ether oxygens (including phenoxy) is 1. The van der Waals surface area contributed by atoms with Crippen molar-refractivity contribution in [2.24, 2.45) is 0 Å². The smallest absolute Gasteiger partial charge is 0.238 e. The van der Waals surface area contributed by atoms with Crippen LogP contribution >= 0.6 is 34.7 Å². The van der Waals surface area contributed by atoms with Gasteiger partial charge < -0.3 is 10.1 Å². The van der Waals surface area contributed by atoms with Gasteiger partial charge in [0.15, 0.2) is 0 Å². The number of carbonyl (C=O) groups is 1. The van der Waals surface area contributed by atoms with Crippen molar-refractivity contribution in [2.45, 2.75) is 37.0 Å². The zero-order valence-corrected chi connectivity index (χ0v) is 17.7. The average Bonchev–Trinajstić information content (AvgIpc) is 3.10. The highest BCUT2D eigenvalue weighted by Gasteiger charge is 2.22. The number of aryl methyl sites for hydroxylation is 1. The third kappa shape index (κ3) is 4.54. The number of fused-ring (bicyclic) bond motifs is 1. The first-order valence-electron chi connectivity index (χ1n) is 8.60. The van der Waals surface area contributed by atoms with Crippen molar-refractivity contribution < 1.29 is 9.53 Å². The van der Waals surface area contributed by atoms with Crippen molar-refractivity contribution in [3.8, 4) is 5.75 Å². The second kappa shape index (κ2) is 8.91. The third-order valence-corrected chi connectivity index (χ3v) is 6.83. The van der Waals surface area contributed by atoms with Crippen molar-refractivity contribution in [1.29, 1.82) is 0 Å². The summed E-state index contributed by atoms with van der Waals surface area (Å²) in [5, 5.41) is 5.01. The largest absolute Gasteiger partial charge is 0.495 e. The van der Waals surface area contributed by atoms with Gasteiger partial charge in [0.25, 0.3) is 0 Å². The second-order valence-corrected chi connectivity index (χ2v) is 8.56. The number of hydrogen-bond donors (Lipinski definition) is 1. The van der Waals surface area contributed by atoms with E-state index in [1.54, 1.807) is 43.0 Å². The first-order chi connectivity index (χ1) is 13.0. The van der Waals surface area contributed by atoms with Gasteiger partial charge in [-0.15, -0.1) is 11.3 Å². The molecule has 1 aromatic carbocycles. The monoisotopic (exact) mass is 421 g/mol. The average molecular weight is 422 g/mol. The highest BCUT2D eigenvalue weighted by molar-refractivity contribution is 8.00. The predicted molar refractivity (Wildman–Crippen MR) is 113 cm³/mol. The molecule has 0 aliphatic heterocycles. The van der Waals surface area contributed by atoms with Gasteiger partial charge in [-0.05, 0) is 37.1 Å². The first kappa shape index (κ1) is 19.9. The number of halogens is 1. The molecule has 0 fully saturated rings. The van der Waals surface area contributed by atoms with Gasteiger partial charge in [0.2, 0.25) is 5.91 Å². The van der Waals surface area contributed by atoms with Gasteiger partial charge in [-0.3, -0.25) is 4.79 Å². The van der Waals surface area contributed by atoms with Gasteiger partial charge in [-0.25, -0.2) is 9.97 Å². The quantitative estimate of drug-likeness (QED) is 0.407. The molecule has 0 aliphatic rings. The molecule has 1 atom stereocenters. The van der Waals surface area contributed by atoms with Crippen molar-refractivity contribution >= 4 is 56.5 Å². The van der Waals surface area contributed by atoms with Crippen LogP contribution in [-0.4, -0.2) is 28.2 Å².